The number of nitrogens with zero attached hydrogens (tertiary/aromatic N) is 2. The minimum Gasteiger partial charge on any atom is -0.328 e. The number of pyridine rings is 1. The Bertz CT molecular complexity index is 756. The van der Waals surface area contributed by atoms with Gasteiger partial charge in [0.05, 0.1) is 5.52 Å². The van der Waals surface area contributed by atoms with Gasteiger partial charge in [0.25, 0.3) is 0 Å². The minimum absolute atomic E-state index is 0.0853. The fraction of sp³-hybridized carbons (Fsp3) is 0.200. The van der Waals surface area contributed by atoms with E-state index in [0.717, 1.165) is 16.6 Å². The smallest absolute Gasteiger partial charge is 0.180 e. The molecule has 0 unspecified atom stereocenters. The second kappa shape index (κ2) is 3.95. The summed E-state index contributed by atoms with van der Waals surface area (Å²) in [6, 6.07) is 12.0. The molecule has 2 heterocycles. The van der Waals surface area contributed by atoms with Gasteiger partial charge < -0.3 is 4.57 Å². The third-order valence-electron chi connectivity index (χ3n) is 3.36. The summed E-state index contributed by atoms with van der Waals surface area (Å²) >= 11 is 0. The number of hydrogen-bond acceptors (Lipinski definition) is 2. The van der Waals surface area contributed by atoms with Crippen molar-refractivity contribution in [2.75, 3.05) is 0 Å². The van der Waals surface area contributed by atoms with Crippen LogP contribution in [0.15, 0.2) is 36.4 Å². The minimum atomic E-state index is 0.0853. The second-order valence-electron chi connectivity index (χ2n) is 4.42. The van der Waals surface area contributed by atoms with Gasteiger partial charge in [0.2, 0.25) is 0 Å². The Kier molecular flexibility index (Phi) is 2.40. The fourth-order valence-electron chi connectivity index (χ4n) is 2.36. The van der Waals surface area contributed by atoms with Crippen molar-refractivity contribution in [3.05, 3.63) is 42.1 Å². The zero-order chi connectivity index (χ0) is 12.7. The van der Waals surface area contributed by atoms with Crippen molar-refractivity contribution in [2.24, 2.45) is 7.05 Å². The van der Waals surface area contributed by atoms with E-state index in [4.69, 9.17) is 0 Å². The number of carbonyl (C=O) groups is 1. The number of rotatable bonds is 2. The van der Waals surface area contributed by atoms with E-state index >= 15 is 0 Å². The molecule has 2 aromatic heterocycles. The van der Waals surface area contributed by atoms with Gasteiger partial charge in [-0.3, -0.25) is 4.79 Å². The summed E-state index contributed by atoms with van der Waals surface area (Å²) in [6.45, 7) is 1.86. The Hall–Kier alpha value is -2.16. The van der Waals surface area contributed by atoms with Crippen molar-refractivity contribution < 1.29 is 4.79 Å². The maximum atomic E-state index is 11.7. The van der Waals surface area contributed by atoms with Crippen molar-refractivity contribution >= 4 is 27.7 Å². The first-order valence-corrected chi connectivity index (χ1v) is 6.09. The van der Waals surface area contributed by atoms with Crippen LogP contribution in [0.1, 0.15) is 23.8 Å². The Morgan fingerprint density at radius 3 is 2.72 bits per heavy atom. The number of fused-ring (bicyclic) bond motifs is 3. The van der Waals surface area contributed by atoms with E-state index in [1.165, 1.54) is 5.39 Å². The van der Waals surface area contributed by atoms with Gasteiger partial charge in [0, 0.05) is 24.2 Å². The number of hydrogen-bond donors (Lipinski definition) is 0. The lowest BCUT2D eigenvalue weighted by atomic mass is 10.1. The monoisotopic (exact) mass is 238 g/mol. The van der Waals surface area contributed by atoms with Gasteiger partial charge >= 0.3 is 0 Å². The predicted molar refractivity (Wildman–Crippen MR) is 72.8 cm³/mol. The van der Waals surface area contributed by atoms with Crippen LogP contribution >= 0.6 is 0 Å². The molecular weight excluding hydrogens is 224 g/mol. The van der Waals surface area contributed by atoms with Crippen LogP contribution in [0.25, 0.3) is 21.9 Å². The second-order valence-corrected chi connectivity index (χ2v) is 4.42. The lowest BCUT2D eigenvalue weighted by molar-refractivity contribution is 0.0983. The summed E-state index contributed by atoms with van der Waals surface area (Å²) in [5.41, 5.74) is 2.56. The van der Waals surface area contributed by atoms with Crippen molar-refractivity contribution in [3.8, 4) is 0 Å². The Labute approximate surface area is 105 Å². The molecule has 0 N–H and O–H groups in total. The number of Topliss-reactive ketones (excluding diaryl/α,β-unsaturated/α-hetero) is 1. The maximum absolute atomic E-state index is 11.7. The SMILES string of the molecule is CCC(=O)c1ccc2c3ccccc3n(C)c2n1. The van der Waals surface area contributed by atoms with E-state index in [1.807, 2.05) is 42.8 Å². The molecule has 0 bridgehead atoms. The normalized spacial score (nSPS) is 11.2. The molecule has 90 valence electrons. The summed E-state index contributed by atoms with van der Waals surface area (Å²) < 4.78 is 2.04. The first-order chi connectivity index (χ1) is 8.72. The lowest BCUT2D eigenvalue weighted by Crippen LogP contribution is -2.01. The first kappa shape index (κ1) is 11.0. The van der Waals surface area contributed by atoms with Crippen LogP contribution in [0.4, 0.5) is 0 Å². The molecule has 3 nitrogen and oxygen atoms in total. The van der Waals surface area contributed by atoms with Crippen LogP contribution in [-0.2, 0) is 7.05 Å². The van der Waals surface area contributed by atoms with Crippen LogP contribution in [0.2, 0.25) is 0 Å². The van der Waals surface area contributed by atoms with Crippen molar-refractivity contribution in [3.63, 3.8) is 0 Å². The summed E-state index contributed by atoms with van der Waals surface area (Å²) in [5, 5.41) is 2.28. The Balaban J connectivity index is 2.38. The van der Waals surface area contributed by atoms with Gasteiger partial charge in [-0.25, -0.2) is 4.98 Å². The summed E-state index contributed by atoms with van der Waals surface area (Å²) in [5.74, 6) is 0.0853. The molecule has 3 aromatic rings. The highest BCUT2D eigenvalue weighted by Gasteiger charge is 2.11. The van der Waals surface area contributed by atoms with E-state index < -0.39 is 0 Å². The Morgan fingerprint density at radius 1 is 1.17 bits per heavy atom. The molecule has 0 atom stereocenters. The van der Waals surface area contributed by atoms with Crippen LogP contribution in [0.3, 0.4) is 0 Å². The fourth-order valence-corrected chi connectivity index (χ4v) is 2.36. The van der Waals surface area contributed by atoms with Gasteiger partial charge in [-0.05, 0) is 18.2 Å². The van der Waals surface area contributed by atoms with E-state index in [-0.39, 0.29) is 5.78 Å². The molecule has 0 aliphatic carbocycles. The van der Waals surface area contributed by atoms with Gasteiger partial charge in [-0.1, -0.05) is 25.1 Å². The number of ketones is 1. The third kappa shape index (κ3) is 1.44. The van der Waals surface area contributed by atoms with Crippen LogP contribution in [0, 0.1) is 0 Å². The quantitative estimate of drug-likeness (QED) is 0.642. The third-order valence-corrected chi connectivity index (χ3v) is 3.36. The average Bonchev–Trinajstić information content (AvgIpc) is 2.72. The molecule has 3 rings (SSSR count). The van der Waals surface area contributed by atoms with Gasteiger partial charge in [0.1, 0.15) is 11.3 Å². The summed E-state index contributed by atoms with van der Waals surface area (Å²) in [7, 11) is 1.98. The maximum Gasteiger partial charge on any atom is 0.180 e. The molecule has 3 heteroatoms. The van der Waals surface area contributed by atoms with E-state index in [2.05, 4.69) is 17.1 Å². The zero-order valence-corrected chi connectivity index (χ0v) is 10.5. The average molecular weight is 238 g/mol. The summed E-state index contributed by atoms with van der Waals surface area (Å²) in [6.07, 6.45) is 0.489. The Morgan fingerprint density at radius 2 is 1.94 bits per heavy atom. The molecule has 0 saturated heterocycles. The highest BCUT2D eigenvalue weighted by atomic mass is 16.1. The van der Waals surface area contributed by atoms with E-state index in [1.54, 1.807) is 0 Å². The molecule has 0 aliphatic heterocycles. The number of benzene rings is 1. The van der Waals surface area contributed by atoms with Crippen molar-refractivity contribution in [2.45, 2.75) is 13.3 Å². The largest absolute Gasteiger partial charge is 0.328 e. The predicted octanol–water partition coefficient (Wildman–Crippen LogP) is 3.32. The van der Waals surface area contributed by atoms with Gasteiger partial charge in [0.15, 0.2) is 5.78 Å². The van der Waals surface area contributed by atoms with Crippen LogP contribution in [-0.4, -0.2) is 15.3 Å². The first-order valence-electron chi connectivity index (χ1n) is 6.09. The molecule has 0 saturated carbocycles. The standard InChI is InChI=1S/C15H14N2O/c1-3-14(18)12-9-8-11-10-6-4-5-7-13(10)17(2)15(11)16-12/h4-9H,3H2,1-2H3. The molecule has 0 spiro atoms. The van der Waals surface area contributed by atoms with Crippen LogP contribution < -0.4 is 0 Å². The zero-order valence-electron chi connectivity index (χ0n) is 10.5. The van der Waals surface area contributed by atoms with E-state index in [0.29, 0.717) is 12.1 Å². The lowest BCUT2D eigenvalue weighted by Gasteiger charge is -1.99. The number of aromatic nitrogens is 2. The molecule has 0 aliphatic rings. The highest BCUT2D eigenvalue weighted by molar-refractivity contribution is 6.07. The van der Waals surface area contributed by atoms with Gasteiger partial charge in [-0.15, -0.1) is 0 Å². The van der Waals surface area contributed by atoms with E-state index in [9.17, 15) is 4.79 Å². The van der Waals surface area contributed by atoms with Crippen molar-refractivity contribution in [1.82, 2.24) is 9.55 Å². The number of carbonyl (C=O) groups excluding carboxylic acids is 1. The number of aryl methyl sites for hydroxylation is 1. The van der Waals surface area contributed by atoms with Gasteiger partial charge in [-0.2, -0.15) is 0 Å². The molecule has 0 radical (unpaired) electrons. The molecule has 0 amide bonds. The molecule has 18 heavy (non-hydrogen) atoms. The highest BCUT2D eigenvalue weighted by Crippen LogP contribution is 2.26. The topological polar surface area (TPSA) is 34.9 Å². The molecule has 0 fully saturated rings. The van der Waals surface area contributed by atoms with Crippen LogP contribution in [0.5, 0.6) is 0 Å². The number of para-hydroxylation sites is 1. The molecule has 1 aromatic carbocycles. The molecular formula is C15H14N2O. The van der Waals surface area contributed by atoms with Crippen molar-refractivity contribution in [1.29, 1.82) is 0 Å². The summed E-state index contributed by atoms with van der Waals surface area (Å²) in [4.78, 5) is 16.2.